The van der Waals surface area contributed by atoms with Gasteiger partial charge < -0.3 is 20.2 Å². The van der Waals surface area contributed by atoms with E-state index in [-0.39, 0.29) is 28.3 Å². The Kier molecular flexibility index (Phi) is 10.6. The van der Waals surface area contributed by atoms with Crippen LogP contribution >= 0.6 is 34.9 Å². The van der Waals surface area contributed by atoms with Crippen molar-refractivity contribution in [2.45, 2.75) is 36.5 Å². The third-order valence-electron chi connectivity index (χ3n) is 7.96. The smallest absolute Gasteiger partial charge is 0.356 e. The summed E-state index contributed by atoms with van der Waals surface area (Å²) in [6.45, 7) is 0. The highest BCUT2D eigenvalue weighted by molar-refractivity contribution is 8.08. The molecule has 51 heavy (non-hydrogen) atoms. The number of carbonyl (C=O) groups excluding carboxylic acids is 4. The fourth-order valence-corrected chi connectivity index (χ4v) is 8.31. The summed E-state index contributed by atoms with van der Waals surface area (Å²) in [6.07, 6.45) is 6.59. The van der Waals surface area contributed by atoms with Crippen molar-refractivity contribution < 1.29 is 28.8 Å². The summed E-state index contributed by atoms with van der Waals surface area (Å²) in [5.74, 6) is -1.42. The topological polar surface area (TPSA) is 152 Å². The predicted octanol–water partition coefficient (Wildman–Crippen LogP) is 5.34. The van der Waals surface area contributed by atoms with Gasteiger partial charge in [-0.1, -0.05) is 83.6 Å². The molecule has 3 amide bonds. The molecule has 2 aromatic heterocycles. The normalized spacial score (nSPS) is 18.6. The van der Waals surface area contributed by atoms with Crippen molar-refractivity contribution >= 4 is 76.0 Å². The standard InChI is InChI=1S/C36H30N6O6S3/c43-21-38-36-39-26(19-51-36)28(41-48-25-13-14-25)32(44)40-29-33(45)42-30(27(20-50-34(29)42)49-17-15-22-8-7-16-37-18-22)35(46)47-31(23-9-3-1-4-10-23)24-11-5-2-6-12-24/h1-12,15-19,21,25,29,31,34H,13-14,20H2,(H,40,44)(H,38,39,43)/b17-15-,41-28?/t29-,34+/m1/s1. The number of benzene rings is 2. The Morgan fingerprint density at radius 3 is 2.45 bits per heavy atom. The van der Waals surface area contributed by atoms with E-state index in [4.69, 9.17) is 9.57 Å². The molecule has 1 saturated carbocycles. The van der Waals surface area contributed by atoms with Gasteiger partial charge in [-0.25, -0.2) is 9.78 Å². The lowest BCUT2D eigenvalue weighted by Crippen LogP contribution is -2.71. The van der Waals surface area contributed by atoms with Crippen molar-refractivity contribution in [3.05, 3.63) is 129 Å². The van der Waals surface area contributed by atoms with Gasteiger partial charge in [0.25, 0.3) is 11.8 Å². The number of nitrogens with one attached hydrogen (secondary N) is 2. The van der Waals surface area contributed by atoms with E-state index in [2.05, 4.69) is 25.8 Å². The van der Waals surface area contributed by atoms with E-state index in [0.29, 0.717) is 17.1 Å². The zero-order valence-corrected chi connectivity index (χ0v) is 29.2. The van der Waals surface area contributed by atoms with Crippen LogP contribution in [0.5, 0.6) is 0 Å². The Balaban J connectivity index is 1.15. The van der Waals surface area contributed by atoms with Gasteiger partial charge in [-0.05, 0) is 47.1 Å². The SMILES string of the molecule is O=CNc1nc(C(=NOC2CC2)C(=O)N[C@@H]2C(=O)N3C(C(=O)OC(c4ccccc4)c4ccccc4)=C(S/C=C\c4cccnc4)CS[C@@H]23)cs1. The fraction of sp³-hybridized carbons (Fsp3) is 0.194. The molecule has 4 aromatic rings. The Morgan fingerprint density at radius 2 is 1.78 bits per heavy atom. The van der Waals surface area contributed by atoms with Gasteiger partial charge in [0.05, 0.1) is 0 Å². The molecule has 2 aliphatic heterocycles. The number of esters is 1. The first-order chi connectivity index (χ1) is 25.0. The van der Waals surface area contributed by atoms with Gasteiger partial charge in [-0.15, -0.1) is 23.1 Å². The fourth-order valence-electron chi connectivity index (χ4n) is 5.30. The minimum Gasteiger partial charge on any atom is -0.448 e. The van der Waals surface area contributed by atoms with E-state index >= 15 is 0 Å². The van der Waals surface area contributed by atoms with E-state index in [1.165, 1.54) is 28.4 Å². The number of aromatic nitrogens is 2. The number of nitrogens with zero attached hydrogens (tertiary/aromatic N) is 4. The van der Waals surface area contributed by atoms with Gasteiger partial charge in [0.15, 0.2) is 16.9 Å². The summed E-state index contributed by atoms with van der Waals surface area (Å²) in [5.41, 5.74) is 2.63. The molecule has 0 radical (unpaired) electrons. The van der Waals surface area contributed by atoms with Crippen LogP contribution in [0.1, 0.15) is 41.3 Å². The van der Waals surface area contributed by atoms with Crippen LogP contribution in [0.2, 0.25) is 0 Å². The van der Waals surface area contributed by atoms with E-state index in [1.807, 2.05) is 84.3 Å². The number of ether oxygens (including phenoxy) is 1. The number of pyridine rings is 1. The number of rotatable bonds is 14. The maximum Gasteiger partial charge on any atom is 0.356 e. The second kappa shape index (κ2) is 15.7. The van der Waals surface area contributed by atoms with Crippen LogP contribution in [0, 0.1) is 0 Å². The van der Waals surface area contributed by atoms with Crippen molar-refractivity contribution in [3.63, 3.8) is 0 Å². The molecule has 2 fully saturated rings. The second-order valence-corrected chi connectivity index (χ2v) is 14.5. The largest absolute Gasteiger partial charge is 0.448 e. The van der Waals surface area contributed by atoms with Crippen molar-refractivity contribution in [3.8, 4) is 0 Å². The molecule has 15 heteroatoms. The lowest BCUT2D eigenvalue weighted by Gasteiger charge is -2.49. The van der Waals surface area contributed by atoms with Gasteiger partial charge >= 0.3 is 5.97 Å². The van der Waals surface area contributed by atoms with E-state index in [9.17, 15) is 19.2 Å². The highest BCUT2D eigenvalue weighted by atomic mass is 32.2. The number of oxime groups is 1. The number of amides is 3. The summed E-state index contributed by atoms with van der Waals surface area (Å²) in [5, 5.41) is 12.4. The van der Waals surface area contributed by atoms with Crippen LogP contribution in [0.25, 0.3) is 6.08 Å². The molecule has 258 valence electrons. The molecule has 2 atom stereocenters. The third-order valence-corrected chi connectivity index (χ3v) is 11.1. The maximum absolute atomic E-state index is 14.3. The number of thiazole rings is 1. The number of hydrogen-bond donors (Lipinski definition) is 2. The van der Waals surface area contributed by atoms with Gasteiger partial charge in [0.1, 0.15) is 28.9 Å². The Labute approximate surface area is 305 Å². The van der Waals surface area contributed by atoms with Crippen molar-refractivity contribution in [1.29, 1.82) is 0 Å². The molecule has 12 nitrogen and oxygen atoms in total. The molecule has 3 aliphatic rings. The molecule has 0 bridgehead atoms. The van der Waals surface area contributed by atoms with Crippen molar-refractivity contribution in [2.24, 2.45) is 5.16 Å². The molecule has 0 spiro atoms. The Morgan fingerprint density at radius 1 is 1.04 bits per heavy atom. The van der Waals surface area contributed by atoms with Crippen LogP contribution in [0.15, 0.2) is 112 Å². The summed E-state index contributed by atoms with van der Waals surface area (Å²) in [7, 11) is 0. The van der Waals surface area contributed by atoms with E-state index in [0.717, 1.165) is 40.9 Å². The highest BCUT2D eigenvalue weighted by Gasteiger charge is 2.55. The monoisotopic (exact) mass is 738 g/mol. The lowest BCUT2D eigenvalue weighted by molar-refractivity contribution is -0.154. The number of β-lactam (4-membered cyclic amide) rings is 1. The van der Waals surface area contributed by atoms with Crippen LogP contribution in [-0.2, 0) is 28.8 Å². The molecule has 2 N–H and O–H groups in total. The molecule has 2 aromatic carbocycles. The summed E-state index contributed by atoms with van der Waals surface area (Å²) in [4.78, 5) is 68.7. The first-order valence-electron chi connectivity index (χ1n) is 15.9. The van der Waals surface area contributed by atoms with E-state index < -0.39 is 35.3 Å². The molecule has 1 aliphatic carbocycles. The first-order valence-corrected chi connectivity index (χ1v) is 18.7. The third kappa shape index (κ3) is 7.90. The lowest BCUT2D eigenvalue weighted by atomic mass is 10.0. The number of carbonyl (C=O) groups is 4. The number of hydrogen-bond acceptors (Lipinski definition) is 12. The number of thioether (sulfide) groups is 2. The van der Waals surface area contributed by atoms with Crippen LogP contribution in [0.4, 0.5) is 5.13 Å². The number of fused-ring (bicyclic) bond motifs is 1. The molecule has 4 heterocycles. The van der Waals surface area contributed by atoms with Gasteiger partial charge in [0, 0.05) is 28.4 Å². The van der Waals surface area contributed by atoms with Crippen LogP contribution in [-0.4, -0.2) is 68.0 Å². The highest BCUT2D eigenvalue weighted by Crippen LogP contribution is 2.45. The Hall–Kier alpha value is -5.25. The molecule has 0 unspecified atom stereocenters. The van der Waals surface area contributed by atoms with Gasteiger partial charge in [0.2, 0.25) is 6.41 Å². The first kappa shape index (κ1) is 34.2. The van der Waals surface area contributed by atoms with E-state index in [1.54, 1.807) is 17.8 Å². The predicted molar refractivity (Wildman–Crippen MR) is 196 cm³/mol. The quantitative estimate of drug-likeness (QED) is 0.0571. The molecule has 7 rings (SSSR count). The zero-order chi connectivity index (χ0) is 35.2. The molecular formula is C36H30N6O6S3. The average Bonchev–Trinajstić information content (AvgIpc) is 3.89. The van der Waals surface area contributed by atoms with Gasteiger partial charge in [-0.3, -0.25) is 24.3 Å². The Bertz CT molecular complexity index is 1960. The summed E-state index contributed by atoms with van der Waals surface area (Å²) >= 11 is 3.87. The van der Waals surface area contributed by atoms with Crippen LogP contribution in [0.3, 0.4) is 0 Å². The van der Waals surface area contributed by atoms with Crippen molar-refractivity contribution in [2.75, 3.05) is 11.1 Å². The average molecular weight is 739 g/mol. The minimum atomic E-state index is -0.959. The van der Waals surface area contributed by atoms with Crippen molar-refractivity contribution in [1.82, 2.24) is 20.2 Å². The molecule has 1 saturated heterocycles. The van der Waals surface area contributed by atoms with Gasteiger partial charge in [-0.2, -0.15) is 0 Å². The minimum absolute atomic E-state index is 0.0915. The zero-order valence-electron chi connectivity index (χ0n) is 26.8. The molecular weight excluding hydrogens is 709 g/mol. The maximum atomic E-state index is 14.3. The summed E-state index contributed by atoms with van der Waals surface area (Å²) in [6, 6.07) is 21.6. The van der Waals surface area contributed by atoms with Crippen LogP contribution < -0.4 is 10.6 Å². The number of anilines is 1. The summed E-state index contributed by atoms with van der Waals surface area (Å²) < 4.78 is 6.24. The second-order valence-electron chi connectivity index (χ2n) is 11.5.